The van der Waals surface area contributed by atoms with Crippen LogP contribution in [0, 0.1) is 0 Å². The number of H-pyrrole nitrogens is 3. The van der Waals surface area contributed by atoms with Crippen molar-refractivity contribution in [3.05, 3.63) is 182 Å². The van der Waals surface area contributed by atoms with Gasteiger partial charge in [-0.3, -0.25) is 34.2 Å². The number of nitrogens with one attached hydrogen (secondary N) is 7. The number of pyridine rings is 3. The van der Waals surface area contributed by atoms with Crippen LogP contribution in [-0.2, 0) is 4.74 Å². The molecule has 3 amide bonds. The number of hydrogen-bond donors (Lipinski definition) is 7. The molecule has 97 heavy (non-hydrogen) atoms. The highest BCUT2D eigenvalue weighted by Crippen LogP contribution is 2.30. The molecule has 0 spiro atoms. The van der Waals surface area contributed by atoms with Gasteiger partial charge in [0, 0.05) is 151 Å². The highest BCUT2D eigenvalue weighted by molar-refractivity contribution is 6.01. The number of hydrogen-bond acceptors (Lipinski definition) is 20. The molecule has 9 aromatic heterocycles. The van der Waals surface area contributed by atoms with E-state index in [1.165, 1.54) is 0 Å². The molecule has 0 atom stereocenters. The molecule has 7 N–H and O–H groups in total. The van der Waals surface area contributed by atoms with Crippen molar-refractivity contribution in [2.24, 2.45) is 0 Å². The van der Waals surface area contributed by atoms with Crippen molar-refractivity contribution < 1.29 is 33.3 Å². The molecule has 3 fully saturated rings. The molecule has 0 radical (unpaired) electrons. The van der Waals surface area contributed by atoms with Crippen LogP contribution in [0.5, 0.6) is 17.2 Å². The monoisotopic (exact) mass is 1300 g/mol. The van der Waals surface area contributed by atoms with Gasteiger partial charge in [-0.15, -0.1) is 0 Å². The predicted molar refractivity (Wildman–Crippen MR) is 370 cm³/mol. The fourth-order valence-electron chi connectivity index (χ4n) is 11.3. The lowest BCUT2D eigenvalue weighted by Crippen LogP contribution is -2.42. The van der Waals surface area contributed by atoms with Crippen LogP contribution in [0.15, 0.2) is 165 Å². The summed E-state index contributed by atoms with van der Waals surface area (Å²) in [6.45, 7) is 8.40. The minimum atomic E-state index is -0.107. The fourth-order valence-corrected chi connectivity index (χ4v) is 11.3. The molecule has 0 unspecified atom stereocenters. The summed E-state index contributed by atoms with van der Waals surface area (Å²) in [6, 6.07) is 39.4. The number of methoxy groups -OCH3 is 3. The largest absolute Gasteiger partial charge is 0.497 e. The predicted octanol–water partition coefficient (Wildman–Crippen LogP) is 10.9. The van der Waals surface area contributed by atoms with Gasteiger partial charge >= 0.3 is 0 Å². The van der Waals surface area contributed by atoms with E-state index < -0.39 is 0 Å². The van der Waals surface area contributed by atoms with E-state index in [1.807, 2.05) is 101 Å². The summed E-state index contributed by atoms with van der Waals surface area (Å²) in [5.74, 6) is 3.52. The van der Waals surface area contributed by atoms with E-state index in [2.05, 4.69) is 86.0 Å². The van der Waals surface area contributed by atoms with Crippen molar-refractivity contribution in [1.82, 2.24) is 79.8 Å². The van der Waals surface area contributed by atoms with Crippen LogP contribution in [0.25, 0.3) is 66.9 Å². The maximum Gasteiger partial charge on any atom is 0.270 e. The van der Waals surface area contributed by atoms with E-state index in [9.17, 15) is 14.4 Å². The number of carbonyl (C=O) groups excluding carboxylic acids is 3. The summed E-state index contributed by atoms with van der Waals surface area (Å²) in [5.41, 5.74) is 11.1. The van der Waals surface area contributed by atoms with Gasteiger partial charge in [-0.1, -0.05) is 0 Å². The third-order valence-corrected chi connectivity index (χ3v) is 16.6. The van der Waals surface area contributed by atoms with Gasteiger partial charge in [0.05, 0.1) is 68.7 Å². The molecule has 0 aliphatic carbocycles. The quantitative estimate of drug-likeness (QED) is 0.0370. The Bertz CT molecular complexity index is 4750. The lowest BCUT2D eigenvalue weighted by molar-refractivity contribution is 0.0374. The zero-order chi connectivity index (χ0) is 66.5. The lowest BCUT2D eigenvalue weighted by atomic mass is 10.2. The van der Waals surface area contributed by atoms with Crippen molar-refractivity contribution in [2.75, 3.05) is 103 Å². The zero-order valence-corrected chi connectivity index (χ0v) is 53.7. The standard InChI is InChI=1S/C26H29N7O3.C23H22N6O2.C22H20N6O2/c1-35-20-5-8-27-23(17-20)22-6-9-29-26(32-22)30-19-3-4-21-18(15-19)16-24(31-21)25(34)28-7-2-10-33-11-13-36-14-12-33;1-31-17-6-8-24-20(14-17)19-7-9-25-23(28-19)26-16-4-5-18-15(12-16)13-21(27-18)22(30)29-10-2-3-11-29;1-30-16-5-7-23-19(13-16)18-6-8-24-22(27-18)25-15-3-4-17-14(11-15)12-20(26-17)21(29)28-9-2-10-28/h3-6,8-9,15-17,31H,2,7,10-14H2,1H3,(H,28,34)(H,29,30,32);4-9,12-14,27H,2-3,10-11H2,1H3,(H,25,26,28);3-8,11-13,26H,2,9-10H2,1H3,(H,24,25,27). The topological polar surface area (TPSA) is 309 Å². The molecule has 0 saturated carbocycles. The van der Waals surface area contributed by atoms with E-state index in [1.54, 1.807) is 94.9 Å². The number of amides is 3. The van der Waals surface area contributed by atoms with Crippen LogP contribution in [0.4, 0.5) is 34.9 Å². The van der Waals surface area contributed by atoms with Crippen molar-refractivity contribution in [2.45, 2.75) is 25.7 Å². The maximum absolute atomic E-state index is 12.7. The summed E-state index contributed by atoms with van der Waals surface area (Å²) < 4.78 is 21.2. The first-order chi connectivity index (χ1) is 47.6. The number of ether oxygens (including phenoxy) is 4. The average Bonchev–Trinajstić information content (AvgIpc) is 1.72. The van der Waals surface area contributed by atoms with Gasteiger partial charge in [-0.25, -0.2) is 29.9 Å². The SMILES string of the molecule is COc1ccnc(-c2ccnc(Nc3ccc4[nH]c(C(=O)N5CCC5)cc4c3)n2)c1.COc1ccnc(-c2ccnc(Nc3ccc4[nH]c(C(=O)N5CCCC5)cc4c3)n2)c1.COc1ccnc(-c2ccnc(Nc3ccc4[nH]c(C(=O)NCCCN5CCOCC5)cc4c3)n2)c1. The van der Waals surface area contributed by atoms with Crippen LogP contribution in [0.3, 0.4) is 0 Å². The number of carbonyl (C=O) groups is 3. The van der Waals surface area contributed by atoms with Gasteiger partial charge < -0.3 is 65.0 Å². The number of morpholine rings is 1. The second-order valence-corrected chi connectivity index (χ2v) is 23.1. The summed E-state index contributed by atoms with van der Waals surface area (Å²) in [6.07, 6.45) is 14.2. The van der Waals surface area contributed by atoms with Crippen LogP contribution < -0.4 is 35.5 Å². The Hall–Kier alpha value is -11.9. The molecule has 26 heteroatoms. The zero-order valence-electron chi connectivity index (χ0n) is 53.7. The van der Waals surface area contributed by atoms with Crippen molar-refractivity contribution >= 4 is 85.3 Å². The molecule has 3 aromatic carbocycles. The Morgan fingerprint density at radius 3 is 1.21 bits per heavy atom. The highest BCUT2D eigenvalue weighted by Gasteiger charge is 2.24. The molecule has 12 aromatic rings. The highest BCUT2D eigenvalue weighted by atomic mass is 16.5. The Labute approximate surface area is 557 Å². The van der Waals surface area contributed by atoms with Crippen LogP contribution in [0.1, 0.15) is 57.1 Å². The molecule has 15 rings (SSSR count). The third-order valence-electron chi connectivity index (χ3n) is 16.6. The first kappa shape index (κ1) is 63.8. The van der Waals surface area contributed by atoms with E-state index in [0.29, 0.717) is 81.4 Å². The van der Waals surface area contributed by atoms with Gasteiger partial charge in [0.25, 0.3) is 17.7 Å². The third kappa shape index (κ3) is 15.9. The molecule has 0 bridgehead atoms. The van der Waals surface area contributed by atoms with Gasteiger partial charge in [0.2, 0.25) is 17.8 Å². The second-order valence-electron chi connectivity index (χ2n) is 23.1. The molecule has 3 saturated heterocycles. The number of fused-ring (bicyclic) bond motifs is 3. The number of rotatable bonds is 19. The molecular formula is C71H71N19O7. The van der Waals surface area contributed by atoms with Crippen LogP contribution in [-0.4, -0.2) is 179 Å². The minimum Gasteiger partial charge on any atom is -0.497 e. The van der Waals surface area contributed by atoms with Crippen LogP contribution >= 0.6 is 0 Å². The summed E-state index contributed by atoms with van der Waals surface area (Å²) in [5, 5.41) is 15.5. The summed E-state index contributed by atoms with van der Waals surface area (Å²) >= 11 is 0. The van der Waals surface area contributed by atoms with Crippen molar-refractivity contribution in [1.29, 1.82) is 0 Å². The van der Waals surface area contributed by atoms with E-state index in [4.69, 9.17) is 18.9 Å². The number of aromatic nitrogens is 12. The van der Waals surface area contributed by atoms with E-state index in [-0.39, 0.29) is 17.7 Å². The minimum absolute atomic E-state index is 0.0498. The van der Waals surface area contributed by atoms with Gasteiger partial charge in [0.1, 0.15) is 34.3 Å². The molecule has 492 valence electrons. The summed E-state index contributed by atoms with van der Waals surface area (Å²) in [7, 11) is 4.85. The Morgan fingerprint density at radius 1 is 0.433 bits per heavy atom. The first-order valence-corrected chi connectivity index (χ1v) is 31.9. The van der Waals surface area contributed by atoms with Crippen molar-refractivity contribution in [3.8, 4) is 51.4 Å². The van der Waals surface area contributed by atoms with Gasteiger partial charge in [0.15, 0.2) is 0 Å². The number of nitrogens with zero attached hydrogens (tertiary/aromatic N) is 12. The van der Waals surface area contributed by atoms with Crippen LogP contribution in [0.2, 0.25) is 0 Å². The smallest absolute Gasteiger partial charge is 0.270 e. The van der Waals surface area contributed by atoms with E-state index in [0.717, 1.165) is 146 Å². The van der Waals surface area contributed by atoms with Crippen molar-refractivity contribution in [3.63, 3.8) is 0 Å². The molecular weight excluding hydrogens is 1230 g/mol. The molecule has 3 aliphatic heterocycles. The average molecular weight is 1300 g/mol. The maximum atomic E-state index is 12.7. The summed E-state index contributed by atoms with van der Waals surface area (Å²) in [4.78, 5) is 93.2. The number of likely N-dealkylation sites (tertiary alicyclic amines) is 2. The first-order valence-electron chi connectivity index (χ1n) is 31.9. The number of aromatic amines is 3. The molecule has 3 aliphatic rings. The van der Waals surface area contributed by atoms with E-state index >= 15 is 0 Å². The Kier molecular flexibility index (Phi) is 19.8. The second kappa shape index (κ2) is 30.0. The molecule has 26 nitrogen and oxygen atoms in total. The molecule has 12 heterocycles. The Balaban J connectivity index is 0.000000132. The van der Waals surface area contributed by atoms with Gasteiger partial charge in [-0.2, -0.15) is 0 Å². The number of anilines is 6. The number of benzene rings is 3. The normalized spacial score (nSPS) is 13.6. The Morgan fingerprint density at radius 2 is 0.814 bits per heavy atom. The fraction of sp³-hybridized carbons (Fsp3) is 0.239. The lowest BCUT2D eigenvalue weighted by Gasteiger charge is -2.30. The van der Waals surface area contributed by atoms with Gasteiger partial charge in [-0.05, 0) is 141 Å².